The van der Waals surface area contributed by atoms with Gasteiger partial charge in [-0.3, -0.25) is 4.79 Å². The zero-order chi connectivity index (χ0) is 20.0. The van der Waals surface area contributed by atoms with Gasteiger partial charge in [0.05, 0.1) is 4.90 Å². The van der Waals surface area contributed by atoms with Crippen LogP contribution in [0.2, 0.25) is 0 Å². The van der Waals surface area contributed by atoms with Crippen molar-refractivity contribution in [3.63, 3.8) is 0 Å². The van der Waals surface area contributed by atoms with Crippen LogP contribution < -0.4 is 5.32 Å². The highest BCUT2D eigenvalue weighted by Gasteiger charge is 2.34. The molecule has 172 valence electrons. The van der Waals surface area contributed by atoms with E-state index in [-0.39, 0.29) is 32.7 Å². The first kappa shape index (κ1) is 26.6. The van der Waals surface area contributed by atoms with Gasteiger partial charge in [0.2, 0.25) is 15.9 Å². The number of rotatable bonds is 5. The zero-order valence-corrected chi connectivity index (χ0v) is 17.8. The lowest BCUT2D eigenvalue weighted by molar-refractivity contribution is -0.125. The van der Waals surface area contributed by atoms with E-state index in [1.54, 1.807) is 22.5 Å². The summed E-state index contributed by atoms with van der Waals surface area (Å²) in [5.41, 5.74) is 0.937. The SMILES string of the molecule is C.C.Cc1cccc(S(=O)(=O)N2CCCCC2CNC(=O)C2CCCCCCC2)c1. The zero-order valence-electron chi connectivity index (χ0n) is 17.0. The number of hydrogen-bond donors (Lipinski definition) is 1. The van der Waals surface area contributed by atoms with Gasteiger partial charge in [-0.05, 0) is 50.3 Å². The van der Waals surface area contributed by atoms with Gasteiger partial charge in [0, 0.05) is 25.0 Å². The summed E-state index contributed by atoms with van der Waals surface area (Å²) in [4.78, 5) is 13.1. The number of nitrogens with zero attached hydrogens (tertiary/aromatic N) is 1. The van der Waals surface area contributed by atoms with Crippen molar-refractivity contribution in [3.8, 4) is 0 Å². The highest BCUT2D eigenvalue weighted by atomic mass is 32.2. The van der Waals surface area contributed by atoms with Crippen molar-refractivity contribution in [2.75, 3.05) is 13.1 Å². The predicted molar refractivity (Wildman–Crippen MR) is 125 cm³/mol. The van der Waals surface area contributed by atoms with Gasteiger partial charge < -0.3 is 5.32 Å². The smallest absolute Gasteiger partial charge is 0.243 e. The normalized spacial score (nSPS) is 21.4. The van der Waals surface area contributed by atoms with Gasteiger partial charge in [0.1, 0.15) is 0 Å². The molecule has 1 aromatic rings. The molecule has 0 aromatic heterocycles. The molecule has 2 fully saturated rings. The van der Waals surface area contributed by atoms with E-state index < -0.39 is 10.0 Å². The first-order valence-corrected chi connectivity index (χ1v) is 12.3. The highest BCUT2D eigenvalue weighted by molar-refractivity contribution is 7.89. The molecule has 3 rings (SSSR count). The predicted octanol–water partition coefficient (Wildman–Crippen LogP) is 5.29. The van der Waals surface area contributed by atoms with E-state index in [4.69, 9.17) is 0 Å². The lowest BCUT2D eigenvalue weighted by atomic mass is 9.90. The van der Waals surface area contributed by atoms with Crippen LogP contribution in [0.25, 0.3) is 0 Å². The maximum absolute atomic E-state index is 13.2. The van der Waals surface area contributed by atoms with Crippen LogP contribution >= 0.6 is 0 Å². The number of amides is 1. The number of sulfonamides is 1. The van der Waals surface area contributed by atoms with E-state index >= 15 is 0 Å². The molecule has 0 bridgehead atoms. The highest BCUT2D eigenvalue weighted by Crippen LogP contribution is 2.26. The average molecular weight is 439 g/mol. The van der Waals surface area contributed by atoms with Crippen molar-refractivity contribution in [2.45, 2.75) is 96.9 Å². The van der Waals surface area contributed by atoms with Crippen LogP contribution in [0.15, 0.2) is 29.2 Å². The fourth-order valence-electron chi connectivity index (χ4n) is 4.49. The van der Waals surface area contributed by atoms with Crippen molar-refractivity contribution in [1.29, 1.82) is 0 Å². The quantitative estimate of drug-likeness (QED) is 0.679. The van der Waals surface area contributed by atoms with Gasteiger partial charge in [-0.25, -0.2) is 8.42 Å². The van der Waals surface area contributed by atoms with Gasteiger partial charge in [-0.15, -0.1) is 0 Å². The van der Waals surface area contributed by atoms with Crippen molar-refractivity contribution in [3.05, 3.63) is 29.8 Å². The number of nitrogens with one attached hydrogen (secondary N) is 1. The number of piperidine rings is 1. The lowest BCUT2D eigenvalue weighted by Gasteiger charge is -2.35. The molecule has 0 radical (unpaired) electrons. The van der Waals surface area contributed by atoms with Gasteiger partial charge in [0.15, 0.2) is 0 Å². The molecule has 2 aliphatic rings. The summed E-state index contributed by atoms with van der Waals surface area (Å²) in [6.45, 7) is 2.85. The van der Waals surface area contributed by atoms with Crippen molar-refractivity contribution in [1.82, 2.24) is 9.62 Å². The Hall–Kier alpha value is -1.40. The molecule has 30 heavy (non-hydrogen) atoms. The van der Waals surface area contributed by atoms with Gasteiger partial charge in [-0.2, -0.15) is 4.31 Å². The van der Waals surface area contributed by atoms with Crippen LogP contribution in [0, 0.1) is 12.8 Å². The molecule has 1 aliphatic heterocycles. The summed E-state index contributed by atoms with van der Waals surface area (Å²) >= 11 is 0. The van der Waals surface area contributed by atoms with Crippen LogP contribution in [0.4, 0.5) is 0 Å². The van der Waals surface area contributed by atoms with Crippen molar-refractivity contribution in [2.24, 2.45) is 5.92 Å². The Morgan fingerprint density at radius 3 is 2.30 bits per heavy atom. The molecule has 1 unspecified atom stereocenters. The first-order valence-electron chi connectivity index (χ1n) is 10.8. The molecular formula is C24H42N2O3S. The average Bonchev–Trinajstić information content (AvgIpc) is 2.66. The molecule has 1 aliphatic carbocycles. The van der Waals surface area contributed by atoms with Crippen LogP contribution in [-0.2, 0) is 14.8 Å². The van der Waals surface area contributed by atoms with Gasteiger partial charge >= 0.3 is 0 Å². The largest absolute Gasteiger partial charge is 0.354 e. The molecule has 1 N–H and O–H groups in total. The Morgan fingerprint density at radius 1 is 1.00 bits per heavy atom. The summed E-state index contributed by atoms with van der Waals surface area (Å²) in [7, 11) is -3.54. The van der Waals surface area contributed by atoms with E-state index in [9.17, 15) is 13.2 Å². The van der Waals surface area contributed by atoms with Crippen LogP contribution in [0.1, 0.15) is 84.6 Å². The molecule has 1 atom stereocenters. The summed E-state index contributed by atoms with van der Waals surface area (Å²) < 4.78 is 28.0. The van der Waals surface area contributed by atoms with E-state index in [0.717, 1.165) is 50.5 Å². The second-order valence-electron chi connectivity index (χ2n) is 8.37. The molecule has 5 nitrogen and oxygen atoms in total. The van der Waals surface area contributed by atoms with E-state index in [1.165, 1.54) is 19.3 Å². The second-order valence-corrected chi connectivity index (χ2v) is 10.3. The van der Waals surface area contributed by atoms with Crippen molar-refractivity contribution >= 4 is 15.9 Å². The molecule has 1 amide bonds. The minimum atomic E-state index is -3.54. The minimum absolute atomic E-state index is 0. The van der Waals surface area contributed by atoms with Crippen molar-refractivity contribution < 1.29 is 13.2 Å². The third kappa shape index (κ3) is 6.81. The monoisotopic (exact) mass is 438 g/mol. The Labute approximate surface area is 184 Å². The van der Waals surface area contributed by atoms with E-state index in [0.29, 0.717) is 18.0 Å². The third-order valence-corrected chi connectivity index (χ3v) is 8.10. The molecule has 6 heteroatoms. The number of hydrogen-bond acceptors (Lipinski definition) is 3. The molecule has 1 aromatic carbocycles. The molecule has 1 saturated carbocycles. The fourth-order valence-corrected chi connectivity index (χ4v) is 6.28. The Kier molecular flexibility index (Phi) is 11.1. The Balaban J connectivity index is 0.00000225. The minimum Gasteiger partial charge on any atom is -0.354 e. The molecule has 1 saturated heterocycles. The third-order valence-electron chi connectivity index (χ3n) is 6.16. The van der Waals surface area contributed by atoms with Crippen LogP contribution in [-0.4, -0.2) is 37.8 Å². The standard InChI is InChI=1S/C22H34N2O3S.2CH4/c1-18-10-9-14-21(16-18)28(26,27)24-15-8-7-13-20(24)17-23-22(25)19-11-5-3-2-4-6-12-19;;/h9-10,14,16,19-20H,2-8,11-13,15,17H2,1H3,(H,23,25);2*1H4. The summed E-state index contributed by atoms with van der Waals surface area (Å²) in [5.74, 6) is 0.200. The van der Waals surface area contributed by atoms with Gasteiger partial charge in [-0.1, -0.05) is 65.5 Å². The number of aryl methyl sites for hydroxylation is 1. The van der Waals surface area contributed by atoms with Gasteiger partial charge in [0.25, 0.3) is 0 Å². The van der Waals surface area contributed by atoms with Crippen LogP contribution in [0.5, 0.6) is 0 Å². The molecule has 1 heterocycles. The fraction of sp³-hybridized carbons (Fsp3) is 0.708. The maximum Gasteiger partial charge on any atom is 0.243 e. The number of carbonyl (C=O) groups is 1. The lowest BCUT2D eigenvalue weighted by Crippen LogP contribution is -2.50. The number of carbonyl (C=O) groups excluding carboxylic acids is 1. The summed E-state index contributed by atoms with van der Waals surface area (Å²) in [6, 6.07) is 6.94. The first-order chi connectivity index (χ1) is 13.5. The van der Waals surface area contributed by atoms with E-state index in [1.807, 2.05) is 13.0 Å². The molecular weight excluding hydrogens is 396 g/mol. The van der Waals surface area contributed by atoms with Crippen LogP contribution in [0.3, 0.4) is 0 Å². The second kappa shape index (κ2) is 12.5. The topological polar surface area (TPSA) is 66.5 Å². The van der Waals surface area contributed by atoms with E-state index in [2.05, 4.69) is 5.32 Å². The molecule has 0 spiro atoms. The Bertz CT molecular complexity index is 755. The number of benzene rings is 1. The summed E-state index contributed by atoms with van der Waals surface area (Å²) in [5, 5.41) is 3.09. The maximum atomic E-state index is 13.2. The Morgan fingerprint density at radius 2 is 1.63 bits per heavy atom. The summed E-state index contributed by atoms with van der Waals surface area (Å²) in [6.07, 6.45) is 10.6.